The van der Waals surface area contributed by atoms with Crippen LogP contribution in [0.2, 0.25) is 0 Å². The molecule has 1 saturated heterocycles. The van der Waals surface area contributed by atoms with E-state index < -0.39 is 6.17 Å². The topological polar surface area (TPSA) is 65.8 Å². The summed E-state index contributed by atoms with van der Waals surface area (Å²) < 4.78 is 19.2. The summed E-state index contributed by atoms with van der Waals surface area (Å²) in [6, 6.07) is 8.86. The molecule has 6 nitrogen and oxygen atoms in total. The molecule has 1 fully saturated rings. The number of anilines is 2. The van der Waals surface area contributed by atoms with Gasteiger partial charge in [-0.05, 0) is 49.1 Å². The van der Waals surface area contributed by atoms with Crippen molar-refractivity contribution in [3.63, 3.8) is 0 Å². The van der Waals surface area contributed by atoms with E-state index in [9.17, 15) is 14.0 Å². The molecule has 3 heterocycles. The molecule has 2 unspecified atom stereocenters. The number of hydrogen-bond acceptors (Lipinski definition) is 4. The molecule has 0 spiro atoms. The Hall–Kier alpha value is -2.67. The molecule has 2 aromatic rings. The van der Waals surface area contributed by atoms with E-state index in [0.717, 1.165) is 5.56 Å². The number of hydrogen-bond donors (Lipinski definition) is 1. The number of piperidine rings is 1. The van der Waals surface area contributed by atoms with Crippen LogP contribution in [0, 0.1) is 0 Å². The lowest BCUT2D eigenvalue weighted by Crippen LogP contribution is -2.51. The number of nitrogens with one attached hydrogen (secondary N) is 1. The van der Waals surface area contributed by atoms with E-state index in [0.29, 0.717) is 37.4 Å². The highest BCUT2D eigenvalue weighted by Crippen LogP contribution is 2.39. The van der Waals surface area contributed by atoms with Gasteiger partial charge >= 0.3 is 0 Å². The third-order valence-corrected chi connectivity index (χ3v) is 5.52. The molecule has 0 bridgehead atoms. The molecule has 1 aromatic carbocycles. The lowest BCUT2D eigenvalue weighted by atomic mass is 9.89. The minimum absolute atomic E-state index is 0.0275. The van der Waals surface area contributed by atoms with Crippen molar-refractivity contribution < 1.29 is 18.4 Å². The van der Waals surface area contributed by atoms with Gasteiger partial charge in [-0.1, -0.05) is 6.07 Å². The molecule has 0 saturated carbocycles. The lowest BCUT2D eigenvalue weighted by molar-refractivity contribution is -0.117. The van der Waals surface area contributed by atoms with Gasteiger partial charge in [0.2, 0.25) is 5.91 Å². The number of benzene rings is 1. The minimum atomic E-state index is -0.885. The molecule has 0 radical (unpaired) electrons. The normalized spacial score (nSPS) is 24.8. The van der Waals surface area contributed by atoms with Crippen LogP contribution in [0.25, 0.3) is 0 Å². The average Bonchev–Trinajstić information content (AvgIpc) is 3.21. The lowest BCUT2D eigenvalue weighted by Gasteiger charge is -2.41. The van der Waals surface area contributed by atoms with E-state index in [1.165, 1.54) is 13.2 Å². The fourth-order valence-corrected chi connectivity index (χ4v) is 4.25. The third kappa shape index (κ3) is 3.30. The third-order valence-electron chi connectivity index (χ3n) is 5.52. The van der Waals surface area contributed by atoms with Gasteiger partial charge in [-0.2, -0.15) is 0 Å². The highest BCUT2D eigenvalue weighted by molar-refractivity contribution is 6.09. The molecular formula is C21H24FN3O3. The molecule has 2 aliphatic heterocycles. The zero-order valence-electron chi connectivity index (χ0n) is 16.0. The molecule has 1 N–H and O–H groups in total. The number of furan rings is 1. The molecule has 4 rings (SSSR count). The number of carbonyl (C=O) groups excluding carboxylic acids is 2. The van der Waals surface area contributed by atoms with Crippen molar-refractivity contribution in [1.82, 2.24) is 5.32 Å². The Balaban J connectivity index is 1.76. The van der Waals surface area contributed by atoms with E-state index in [1.807, 2.05) is 25.1 Å². The van der Waals surface area contributed by atoms with Crippen LogP contribution in [0.15, 0.2) is 41.0 Å². The van der Waals surface area contributed by atoms with Gasteiger partial charge in [0, 0.05) is 26.6 Å². The average molecular weight is 385 g/mol. The SMILES string of the molecule is CC(=O)N1c2ccc(C3CNCC(F)C3)cc2N(C(=O)c2ccco2)C[C@@H]1C. The Morgan fingerprint density at radius 2 is 2.04 bits per heavy atom. The van der Waals surface area contributed by atoms with Crippen molar-refractivity contribution >= 4 is 23.2 Å². The highest BCUT2D eigenvalue weighted by Gasteiger charge is 2.35. The van der Waals surface area contributed by atoms with E-state index in [4.69, 9.17) is 4.42 Å². The van der Waals surface area contributed by atoms with Crippen molar-refractivity contribution in [2.24, 2.45) is 0 Å². The Morgan fingerprint density at radius 1 is 1.21 bits per heavy atom. The number of alkyl halides is 1. The molecular weight excluding hydrogens is 361 g/mol. The van der Waals surface area contributed by atoms with Crippen LogP contribution in [-0.2, 0) is 4.79 Å². The van der Waals surface area contributed by atoms with E-state index >= 15 is 0 Å². The zero-order valence-corrected chi connectivity index (χ0v) is 16.0. The van der Waals surface area contributed by atoms with Crippen LogP contribution in [0.3, 0.4) is 0 Å². The van der Waals surface area contributed by atoms with Gasteiger partial charge in [-0.15, -0.1) is 0 Å². The standard InChI is InChI=1S/C21H24FN3O3/c1-13-12-24(21(27)20-4-3-7-28-20)19-9-15(16-8-17(22)11-23-10-16)5-6-18(19)25(13)14(2)26/h3-7,9,13,16-17,23H,8,10-12H2,1-2H3/t13-,16?,17?/m0/s1. The Bertz CT molecular complexity index is 883. The smallest absolute Gasteiger partial charge is 0.294 e. The molecule has 0 aliphatic carbocycles. The molecule has 28 heavy (non-hydrogen) atoms. The van der Waals surface area contributed by atoms with Gasteiger partial charge in [-0.3, -0.25) is 9.59 Å². The largest absolute Gasteiger partial charge is 0.459 e. The summed E-state index contributed by atoms with van der Waals surface area (Å²) in [5.41, 5.74) is 2.31. The van der Waals surface area contributed by atoms with Crippen LogP contribution in [0.4, 0.5) is 15.8 Å². The highest BCUT2D eigenvalue weighted by atomic mass is 19.1. The second-order valence-electron chi connectivity index (χ2n) is 7.57. The van der Waals surface area contributed by atoms with Crippen molar-refractivity contribution in [2.45, 2.75) is 38.4 Å². The molecule has 7 heteroatoms. The van der Waals surface area contributed by atoms with Gasteiger partial charge < -0.3 is 19.5 Å². The molecule has 1 aromatic heterocycles. The summed E-state index contributed by atoms with van der Waals surface area (Å²) in [4.78, 5) is 28.7. The van der Waals surface area contributed by atoms with Crippen LogP contribution in [-0.4, -0.2) is 43.7 Å². The number of halogens is 1. The quantitative estimate of drug-likeness (QED) is 0.863. The van der Waals surface area contributed by atoms with E-state index in [2.05, 4.69) is 5.32 Å². The molecule has 3 atom stereocenters. The Kier molecular flexibility index (Phi) is 4.93. The fraction of sp³-hybridized carbons (Fsp3) is 0.429. The first-order valence-electron chi connectivity index (χ1n) is 9.59. The number of carbonyl (C=O) groups is 2. The summed E-state index contributed by atoms with van der Waals surface area (Å²) in [6.45, 7) is 4.87. The predicted octanol–water partition coefficient (Wildman–Crippen LogP) is 3.10. The summed E-state index contributed by atoms with van der Waals surface area (Å²) in [6.07, 6.45) is 1.03. The first-order valence-corrected chi connectivity index (χ1v) is 9.59. The summed E-state index contributed by atoms with van der Waals surface area (Å²) >= 11 is 0. The summed E-state index contributed by atoms with van der Waals surface area (Å²) in [7, 11) is 0. The van der Waals surface area contributed by atoms with Gasteiger partial charge in [0.15, 0.2) is 5.76 Å². The van der Waals surface area contributed by atoms with Crippen molar-refractivity contribution in [1.29, 1.82) is 0 Å². The van der Waals surface area contributed by atoms with Crippen LogP contribution >= 0.6 is 0 Å². The maximum atomic E-state index is 13.9. The van der Waals surface area contributed by atoms with Gasteiger partial charge in [0.1, 0.15) is 6.17 Å². The summed E-state index contributed by atoms with van der Waals surface area (Å²) in [5.74, 6) is -0.0407. The molecule has 2 aliphatic rings. The monoisotopic (exact) mass is 385 g/mol. The Labute approximate surface area is 163 Å². The second-order valence-corrected chi connectivity index (χ2v) is 7.57. The summed E-state index contributed by atoms with van der Waals surface area (Å²) in [5, 5.41) is 3.12. The number of rotatable bonds is 2. The fourth-order valence-electron chi connectivity index (χ4n) is 4.25. The maximum Gasteiger partial charge on any atom is 0.294 e. The zero-order chi connectivity index (χ0) is 19.8. The van der Waals surface area contributed by atoms with Crippen LogP contribution < -0.4 is 15.1 Å². The minimum Gasteiger partial charge on any atom is -0.459 e. The van der Waals surface area contributed by atoms with Gasteiger partial charge in [0.05, 0.1) is 23.7 Å². The Morgan fingerprint density at radius 3 is 2.71 bits per heavy atom. The number of amides is 2. The van der Waals surface area contributed by atoms with Crippen molar-refractivity contribution in [3.05, 3.63) is 47.9 Å². The number of nitrogens with zero attached hydrogens (tertiary/aromatic N) is 2. The molecule has 2 amide bonds. The predicted molar refractivity (Wildman–Crippen MR) is 105 cm³/mol. The van der Waals surface area contributed by atoms with Crippen LogP contribution in [0.5, 0.6) is 0 Å². The van der Waals surface area contributed by atoms with Gasteiger partial charge in [-0.25, -0.2) is 4.39 Å². The van der Waals surface area contributed by atoms with E-state index in [1.54, 1.807) is 21.9 Å². The van der Waals surface area contributed by atoms with Crippen molar-refractivity contribution in [2.75, 3.05) is 29.4 Å². The first-order chi connectivity index (χ1) is 13.5. The van der Waals surface area contributed by atoms with Gasteiger partial charge in [0.25, 0.3) is 5.91 Å². The maximum absolute atomic E-state index is 13.9. The number of fused-ring (bicyclic) bond motifs is 1. The van der Waals surface area contributed by atoms with E-state index in [-0.39, 0.29) is 29.5 Å². The second kappa shape index (κ2) is 7.39. The van der Waals surface area contributed by atoms with Crippen molar-refractivity contribution in [3.8, 4) is 0 Å². The molecule has 148 valence electrons. The van der Waals surface area contributed by atoms with Crippen LogP contribution in [0.1, 0.15) is 42.3 Å². The first kappa shape index (κ1) is 18.7.